The van der Waals surface area contributed by atoms with Crippen molar-refractivity contribution in [2.75, 3.05) is 6.61 Å². The average molecular weight is 400 g/mol. The van der Waals surface area contributed by atoms with Gasteiger partial charge in [0.15, 0.2) is 6.61 Å². The monoisotopic (exact) mass is 400 g/mol. The fourth-order valence-electron chi connectivity index (χ4n) is 2.85. The number of hydrogen-bond donors (Lipinski definition) is 1. The molecule has 1 N–H and O–H groups in total. The molecule has 2 aromatic carbocycles. The van der Waals surface area contributed by atoms with Gasteiger partial charge in [-0.05, 0) is 51.0 Å². The van der Waals surface area contributed by atoms with Gasteiger partial charge in [0, 0.05) is 18.2 Å². The highest BCUT2D eigenvalue weighted by Crippen LogP contribution is 2.16. The Hall–Kier alpha value is -2.89. The fraction of sp³-hybridized carbons (Fsp3) is 0.391. The van der Waals surface area contributed by atoms with E-state index in [0.29, 0.717) is 11.3 Å². The molecule has 0 aliphatic heterocycles. The first kappa shape index (κ1) is 22.4. The van der Waals surface area contributed by atoms with Crippen LogP contribution in [0.2, 0.25) is 0 Å². The molecule has 0 bridgehead atoms. The van der Waals surface area contributed by atoms with Gasteiger partial charge in [0.1, 0.15) is 17.6 Å². The van der Waals surface area contributed by atoms with Crippen molar-refractivity contribution in [3.05, 3.63) is 65.5 Å². The molecule has 0 saturated heterocycles. The summed E-state index contributed by atoms with van der Waals surface area (Å²) in [4.78, 5) is 26.7. The van der Waals surface area contributed by atoms with E-state index in [9.17, 15) is 14.0 Å². The van der Waals surface area contributed by atoms with Crippen LogP contribution in [0.4, 0.5) is 4.39 Å². The van der Waals surface area contributed by atoms with Crippen molar-refractivity contribution in [1.29, 1.82) is 0 Å². The number of hydrogen-bond acceptors (Lipinski definition) is 3. The lowest BCUT2D eigenvalue weighted by Crippen LogP contribution is -2.50. The van der Waals surface area contributed by atoms with E-state index in [1.807, 2.05) is 38.1 Å². The summed E-state index contributed by atoms with van der Waals surface area (Å²) in [5.41, 5.74) is 1.51. The van der Waals surface area contributed by atoms with Gasteiger partial charge in [-0.15, -0.1) is 0 Å². The predicted molar refractivity (Wildman–Crippen MR) is 111 cm³/mol. The van der Waals surface area contributed by atoms with E-state index >= 15 is 0 Å². The van der Waals surface area contributed by atoms with Crippen molar-refractivity contribution in [1.82, 2.24) is 10.2 Å². The number of rotatable bonds is 9. The quantitative estimate of drug-likeness (QED) is 0.698. The first-order chi connectivity index (χ1) is 13.8. The minimum atomic E-state index is -0.768. The third kappa shape index (κ3) is 6.59. The third-order valence-corrected chi connectivity index (χ3v) is 4.59. The van der Waals surface area contributed by atoms with Crippen LogP contribution in [-0.4, -0.2) is 35.4 Å². The molecule has 0 aliphatic rings. The molecule has 2 amide bonds. The second-order valence-electron chi connectivity index (χ2n) is 7.24. The summed E-state index contributed by atoms with van der Waals surface area (Å²) in [6.45, 7) is 7.12. The first-order valence-corrected chi connectivity index (χ1v) is 9.86. The smallest absolute Gasteiger partial charge is 0.261 e. The Labute approximate surface area is 171 Å². The van der Waals surface area contributed by atoms with Gasteiger partial charge in [-0.3, -0.25) is 9.59 Å². The fourth-order valence-corrected chi connectivity index (χ4v) is 2.85. The van der Waals surface area contributed by atoms with Crippen LogP contribution in [0.5, 0.6) is 5.75 Å². The maximum Gasteiger partial charge on any atom is 0.261 e. The number of nitrogens with zero attached hydrogens (tertiary/aromatic N) is 1. The van der Waals surface area contributed by atoms with Crippen molar-refractivity contribution < 1.29 is 18.7 Å². The SMILES string of the molecule is CCc1ccc(OCC(=O)N(Cc2ccccc2F)C(C)C(=O)NC(C)C)cc1. The summed E-state index contributed by atoms with van der Waals surface area (Å²) in [5, 5.41) is 2.80. The Balaban J connectivity index is 2.14. The number of carbonyl (C=O) groups is 2. The molecular formula is C23H29FN2O3. The second-order valence-corrected chi connectivity index (χ2v) is 7.24. The molecule has 0 radical (unpaired) electrons. The van der Waals surface area contributed by atoms with Crippen LogP contribution in [0.3, 0.4) is 0 Å². The zero-order valence-electron chi connectivity index (χ0n) is 17.4. The number of amides is 2. The molecule has 0 aromatic heterocycles. The van der Waals surface area contributed by atoms with Crippen LogP contribution in [0, 0.1) is 5.82 Å². The van der Waals surface area contributed by atoms with Crippen molar-refractivity contribution in [2.45, 2.75) is 52.7 Å². The highest BCUT2D eigenvalue weighted by molar-refractivity contribution is 5.88. The number of benzene rings is 2. The lowest BCUT2D eigenvalue weighted by Gasteiger charge is -2.29. The number of nitrogens with one attached hydrogen (secondary N) is 1. The number of halogens is 1. The molecule has 0 saturated carbocycles. The molecule has 5 nitrogen and oxygen atoms in total. The molecule has 0 heterocycles. The molecule has 156 valence electrons. The number of ether oxygens (including phenoxy) is 1. The van der Waals surface area contributed by atoms with Gasteiger partial charge in [0.2, 0.25) is 5.91 Å². The van der Waals surface area contributed by atoms with Gasteiger partial charge in [-0.25, -0.2) is 4.39 Å². The summed E-state index contributed by atoms with van der Waals surface area (Å²) in [6, 6.07) is 12.9. The zero-order chi connectivity index (χ0) is 21.4. The normalized spacial score (nSPS) is 11.8. The van der Waals surface area contributed by atoms with E-state index in [-0.39, 0.29) is 31.0 Å². The molecule has 6 heteroatoms. The standard InChI is InChI=1S/C23H29FN2O3/c1-5-18-10-12-20(13-11-18)29-15-22(27)26(17(4)23(28)25-16(2)3)14-19-8-6-7-9-21(19)24/h6-13,16-17H,5,14-15H2,1-4H3,(H,25,28). The highest BCUT2D eigenvalue weighted by atomic mass is 19.1. The van der Waals surface area contributed by atoms with Crippen LogP contribution in [-0.2, 0) is 22.6 Å². The Morgan fingerprint density at radius 3 is 2.31 bits per heavy atom. The maximum atomic E-state index is 14.1. The van der Waals surface area contributed by atoms with Crippen molar-refractivity contribution >= 4 is 11.8 Å². The van der Waals surface area contributed by atoms with Gasteiger partial charge >= 0.3 is 0 Å². The molecule has 1 atom stereocenters. The van der Waals surface area contributed by atoms with Crippen LogP contribution in [0.25, 0.3) is 0 Å². The zero-order valence-corrected chi connectivity index (χ0v) is 17.4. The molecule has 0 fully saturated rings. The van der Waals surface area contributed by atoms with Gasteiger partial charge in [0.05, 0.1) is 0 Å². The van der Waals surface area contributed by atoms with E-state index < -0.39 is 11.9 Å². The van der Waals surface area contributed by atoms with E-state index in [2.05, 4.69) is 12.2 Å². The number of aryl methyl sites for hydroxylation is 1. The minimum absolute atomic E-state index is 0.0175. The topological polar surface area (TPSA) is 58.6 Å². The Kier molecular flexibility index (Phi) is 8.19. The van der Waals surface area contributed by atoms with Crippen molar-refractivity contribution in [2.24, 2.45) is 0 Å². The van der Waals surface area contributed by atoms with Crippen LogP contribution in [0.15, 0.2) is 48.5 Å². The molecule has 0 spiro atoms. The van der Waals surface area contributed by atoms with Crippen LogP contribution >= 0.6 is 0 Å². The second kappa shape index (κ2) is 10.6. The van der Waals surface area contributed by atoms with E-state index in [1.165, 1.54) is 16.5 Å². The Morgan fingerprint density at radius 2 is 1.72 bits per heavy atom. The lowest BCUT2D eigenvalue weighted by atomic mass is 10.1. The van der Waals surface area contributed by atoms with Crippen LogP contribution < -0.4 is 10.1 Å². The lowest BCUT2D eigenvalue weighted by molar-refractivity contribution is -0.142. The molecular weight excluding hydrogens is 371 g/mol. The van der Waals surface area contributed by atoms with E-state index in [4.69, 9.17) is 4.74 Å². The summed E-state index contributed by atoms with van der Waals surface area (Å²) >= 11 is 0. The third-order valence-electron chi connectivity index (χ3n) is 4.59. The van der Waals surface area contributed by atoms with Crippen molar-refractivity contribution in [3.63, 3.8) is 0 Å². The summed E-state index contributed by atoms with van der Waals surface area (Å²) in [7, 11) is 0. The molecule has 0 aliphatic carbocycles. The largest absolute Gasteiger partial charge is 0.484 e. The van der Waals surface area contributed by atoms with Gasteiger partial charge < -0.3 is 15.0 Å². The molecule has 1 unspecified atom stereocenters. The van der Waals surface area contributed by atoms with Crippen molar-refractivity contribution in [3.8, 4) is 5.75 Å². The summed E-state index contributed by atoms with van der Waals surface area (Å²) in [5.74, 6) is -0.533. The maximum absolute atomic E-state index is 14.1. The van der Waals surface area contributed by atoms with E-state index in [0.717, 1.165) is 6.42 Å². The predicted octanol–water partition coefficient (Wildman–Crippen LogP) is 3.71. The first-order valence-electron chi connectivity index (χ1n) is 9.86. The molecule has 29 heavy (non-hydrogen) atoms. The molecule has 2 aromatic rings. The van der Waals surface area contributed by atoms with E-state index in [1.54, 1.807) is 25.1 Å². The molecule has 2 rings (SSSR count). The average Bonchev–Trinajstić information content (AvgIpc) is 2.70. The summed E-state index contributed by atoms with van der Waals surface area (Å²) < 4.78 is 19.8. The van der Waals surface area contributed by atoms with Gasteiger partial charge in [-0.2, -0.15) is 0 Å². The number of carbonyl (C=O) groups excluding carboxylic acids is 2. The van der Waals surface area contributed by atoms with Crippen LogP contribution in [0.1, 0.15) is 38.8 Å². The van der Waals surface area contributed by atoms with Gasteiger partial charge in [-0.1, -0.05) is 37.3 Å². The summed E-state index contributed by atoms with van der Waals surface area (Å²) in [6.07, 6.45) is 0.915. The van der Waals surface area contributed by atoms with Gasteiger partial charge in [0.25, 0.3) is 5.91 Å². The highest BCUT2D eigenvalue weighted by Gasteiger charge is 2.27. The Morgan fingerprint density at radius 1 is 1.07 bits per heavy atom. The minimum Gasteiger partial charge on any atom is -0.484 e. The Bertz CT molecular complexity index is 821.